The molecule has 0 aliphatic carbocycles. The van der Waals surface area contributed by atoms with Gasteiger partial charge in [-0.1, -0.05) is 52.6 Å². The first-order valence-electron chi connectivity index (χ1n) is 10.2. The number of rotatable bonds is 8. The molecular weight excluding hydrogens is 547 g/mol. The lowest BCUT2D eigenvalue weighted by Gasteiger charge is -2.10. The third kappa shape index (κ3) is 6.21. The molecule has 36 heavy (non-hydrogen) atoms. The number of hydrazone groups is 1. The van der Waals surface area contributed by atoms with Gasteiger partial charge in [-0.15, -0.1) is 10.2 Å². The predicted molar refractivity (Wildman–Crippen MR) is 141 cm³/mol. The molecule has 0 saturated heterocycles. The van der Waals surface area contributed by atoms with E-state index in [4.69, 9.17) is 34.8 Å². The van der Waals surface area contributed by atoms with Crippen LogP contribution < -0.4 is 5.43 Å². The quantitative estimate of drug-likeness (QED) is 0.121. The lowest BCUT2D eigenvalue weighted by atomic mass is 10.2. The highest BCUT2D eigenvalue weighted by Crippen LogP contribution is 2.29. The SMILES string of the molecule is O=C(CSc1nnc(-c2ccc(Cl)cc2)n1-c1ccc(Cl)cc1)NN=Cc1ccc(Cl)c([N+](=O)[O-])c1. The van der Waals surface area contributed by atoms with Gasteiger partial charge in [0.25, 0.3) is 11.6 Å². The summed E-state index contributed by atoms with van der Waals surface area (Å²) in [5, 5.41) is 25.1. The van der Waals surface area contributed by atoms with Crippen molar-refractivity contribution in [3.05, 3.63) is 97.5 Å². The third-order valence-electron chi connectivity index (χ3n) is 4.72. The van der Waals surface area contributed by atoms with Gasteiger partial charge in [0.05, 0.1) is 16.9 Å². The maximum absolute atomic E-state index is 12.4. The number of hydrogen-bond donors (Lipinski definition) is 1. The summed E-state index contributed by atoms with van der Waals surface area (Å²) in [6.07, 6.45) is 1.29. The fourth-order valence-corrected chi connectivity index (χ4v) is 4.25. The fraction of sp³-hybridized carbons (Fsp3) is 0.0435. The Hall–Kier alpha value is -3.44. The van der Waals surface area contributed by atoms with Gasteiger partial charge < -0.3 is 0 Å². The molecule has 1 heterocycles. The second kappa shape index (κ2) is 11.5. The Kier molecular flexibility index (Phi) is 8.21. The van der Waals surface area contributed by atoms with Crippen molar-refractivity contribution in [2.24, 2.45) is 5.10 Å². The van der Waals surface area contributed by atoms with Crippen LogP contribution in [0.25, 0.3) is 17.1 Å². The molecule has 0 spiro atoms. The van der Waals surface area contributed by atoms with Gasteiger partial charge in [0.1, 0.15) is 5.02 Å². The average molecular weight is 562 g/mol. The highest BCUT2D eigenvalue weighted by molar-refractivity contribution is 7.99. The van der Waals surface area contributed by atoms with Gasteiger partial charge in [0, 0.05) is 32.9 Å². The van der Waals surface area contributed by atoms with Gasteiger partial charge in [-0.25, -0.2) is 5.43 Å². The van der Waals surface area contributed by atoms with E-state index in [-0.39, 0.29) is 16.5 Å². The zero-order valence-corrected chi connectivity index (χ0v) is 21.2. The maximum atomic E-state index is 12.4. The molecule has 0 aliphatic heterocycles. The maximum Gasteiger partial charge on any atom is 0.288 e. The number of thioether (sulfide) groups is 1. The Morgan fingerprint density at radius 2 is 1.69 bits per heavy atom. The molecule has 0 unspecified atom stereocenters. The van der Waals surface area contributed by atoms with Gasteiger partial charge in [0.15, 0.2) is 11.0 Å². The first kappa shape index (κ1) is 25.6. The molecule has 4 aromatic rings. The van der Waals surface area contributed by atoms with E-state index in [1.54, 1.807) is 30.3 Å². The first-order chi connectivity index (χ1) is 17.3. The average Bonchev–Trinajstić information content (AvgIpc) is 3.28. The zero-order valence-electron chi connectivity index (χ0n) is 18.1. The van der Waals surface area contributed by atoms with Crippen molar-refractivity contribution in [1.29, 1.82) is 0 Å². The van der Waals surface area contributed by atoms with Crippen LogP contribution in [-0.2, 0) is 4.79 Å². The van der Waals surface area contributed by atoms with Crippen molar-refractivity contribution >= 4 is 64.4 Å². The summed E-state index contributed by atoms with van der Waals surface area (Å²) < 4.78 is 1.81. The van der Waals surface area contributed by atoms with E-state index in [9.17, 15) is 14.9 Å². The second-order valence-corrected chi connectivity index (χ2v) is 9.40. The van der Waals surface area contributed by atoms with Crippen molar-refractivity contribution in [2.45, 2.75) is 5.16 Å². The molecule has 182 valence electrons. The second-order valence-electron chi connectivity index (χ2n) is 7.17. The summed E-state index contributed by atoms with van der Waals surface area (Å²) in [4.78, 5) is 22.8. The van der Waals surface area contributed by atoms with E-state index in [0.29, 0.717) is 26.6 Å². The summed E-state index contributed by atoms with van der Waals surface area (Å²) in [7, 11) is 0. The molecule has 0 atom stereocenters. The molecule has 0 aliphatic rings. The van der Waals surface area contributed by atoms with E-state index in [1.165, 1.54) is 30.1 Å². The van der Waals surface area contributed by atoms with E-state index >= 15 is 0 Å². The van der Waals surface area contributed by atoms with Crippen LogP contribution in [0.4, 0.5) is 5.69 Å². The smallest absolute Gasteiger partial charge is 0.272 e. The third-order valence-corrected chi connectivity index (χ3v) is 6.48. The van der Waals surface area contributed by atoms with Crippen LogP contribution in [0.5, 0.6) is 0 Å². The number of hydrogen-bond acceptors (Lipinski definition) is 7. The van der Waals surface area contributed by atoms with Crippen LogP contribution in [0.1, 0.15) is 5.56 Å². The molecule has 1 aromatic heterocycles. The number of carbonyl (C=O) groups excluding carboxylic acids is 1. The molecule has 3 aromatic carbocycles. The van der Waals surface area contributed by atoms with Crippen LogP contribution >= 0.6 is 46.6 Å². The summed E-state index contributed by atoms with van der Waals surface area (Å²) >= 11 is 19.0. The monoisotopic (exact) mass is 560 g/mol. The van der Waals surface area contributed by atoms with E-state index in [0.717, 1.165) is 11.3 Å². The van der Waals surface area contributed by atoms with Crippen molar-refractivity contribution in [3.63, 3.8) is 0 Å². The fourth-order valence-electron chi connectivity index (χ4n) is 3.06. The van der Waals surface area contributed by atoms with E-state index in [2.05, 4.69) is 20.7 Å². The van der Waals surface area contributed by atoms with E-state index in [1.807, 2.05) is 28.8 Å². The Balaban J connectivity index is 1.49. The Labute approximate surface area is 224 Å². The minimum atomic E-state index is -0.593. The van der Waals surface area contributed by atoms with Crippen LogP contribution in [0, 0.1) is 10.1 Å². The molecule has 0 radical (unpaired) electrons. The summed E-state index contributed by atoms with van der Waals surface area (Å²) in [6.45, 7) is 0. The van der Waals surface area contributed by atoms with Crippen LogP contribution in [0.3, 0.4) is 0 Å². The van der Waals surface area contributed by atoms with Crippen molar-refractivity contribution in [1.82, 2.24) is 20.2 Å². The summed E-state index contributed by atoms with van der Waals surface area (Å²) in [5.74, 6) is 0.155. The number of aromatic nitrogens is 3. The van der Waals surface area contributed by atoms with Gasteiger partial charge in [-0.3, -0.25) is 19.5 Å². The largest absolute Gasteiger partial charge is 0.288 e. The number of carbonyl (C=O) groups is 1. The molecular formula is C23H15Cl3N6O3S. The number of benzene rings is 3. The Bertz CT molecular complexity index is 1440. The van der Waals surface area contributed by atoms with Crippen molar-refractivity contribution < 1.29 is 9.72 Å². The number of nitro groups is 1. The van der Waals surface area contributed by atoms with Gasteiger partial charge in [0.2, 0.25) is 0 Å². The minimum Gasteiger partial charge on any atom is -0.272 e. The molecule has 1 amide bonds. The normalized spacial score (nSPS) is 11.1. The lowest BCUT2D eigenvalue weighted by Crippen LogP contribution is -2.20. The predicted octanol–water partition coefficient (Wildman–Crippen LogP) is 6.05. The number of halogens is 3. The van der Waals surface area contributed by atoms with Crippen molar-refractivity contribution in [3.8, 4) is 17.1 Å². The molecule has 1 N–H and O–H groups in total. The lowest BCUT2D eigenvalue weighted by molar-refractivity contribution is -0.384. The minimum absolute atomic E-state index is 0.00948. The molecule has 0 bridgehead atoms. The zero-order chi connectivity index (χ0) is 25.7. The highest BCUT2D eigenvalue weighted by Gasteiger charge is 2.17. The van der Waals surface area contributed by atoms with Crippen molar-refractivity contribution in [2.75, 3.05) is 5.75 Å². The molecule has 0 fully saturated rings. The number of nitro benzene ring substituents is 1. The molecule has 4 rings (SSSR count). The number of nitrogens with zero attached hydrogens (tertiary/aromatic N) is 5. The summed E-state index contributed by atoms with van der Waals surface area (Å²) in [6, 6.07) is 18.5. The van der Waals surface area contributed by atoms with Crippen LogP contribution in [-0.4, -0.2) is 37.6 Å². The van der Waals surface area contributed by atoms with Crippen LogP contribution in [0.2, 0.25) is 15.1 Å². The first-order valence-corrected chi connectivity index (χ1v) is 12.3. The van der Waals surface area contributed by atoms with Gasteiger partial charge in [-0.05, 0) is 54.6 Å². The van der Waals surface area contributed by atoms with Gasteiger partial charge >= 0.3 is 0 Å². The molecule has 9 nitrogen and oxygen atoms in total. The Morgan fingerprint density at radius 1 is 1.03 bits per heavy atom. The van der Waals surface area contributed by atoms with E-state index < -0.39 is 10.8 Å². The van der Waals surface area contributed by atoms with Crippen LogP contribution in [0.15, 0.2) is 77.0 Å². The number of nitrogens with one attached hydrogen (secondary N) is 1. The topological polar surface area (TPSA) is 115 Å². The summed E-state index contributed by atoms with van der Waals surface area (Å²) in [5.41, 5.74) is 4.11. The molecule has 0 saturated carbocycles. The highest BCUT2D eigenvalue weighted by atomic mass is 35.5. The Morgan fingerprint density at radius 3 is 2.36 bits per heavy atom. The molecule has 13 heteroatoms. The van der Waals surface area contributed by atoms with Gasteiger partial charge in [-0.2, -0.15) is 5.10 Å². The number of amides is 1. The standard InChI is InChI=1S/C23H15Cl3N6O3S/c24-16-4-2-15(3-5-16)22-29-30-23(31(22)18-8-6-17(25)7-9-18)36-13-21(33)28-27-12-14-1-10-19(26)20(11-14)32(34)35/h1-12H,13H2,(H,28,33).